The molecular weight excluding hydrogens is 376 g/mol. The van der Waals surface area contributed by atoms with E-state index in [1.165, 1.54) is 11.3 Å². The minimum absolute atomic E-state index is 0.0225. The minimum atomic E-state index is -0.371. The van der Waals surface area contributed by atoms with Crippen LogP contribution in [0.15, 0.2) is 24.3 Å². The number of anilines is 2. The molecule has 4 rings (SSSR count). The minimum Gasteiger partial charge on any atom is -0.378 e. The lowest BCUT2D eigenvalue weighted by Crippen LogP contribution is -2.35. The largest absolute Gasteiger partial charge is 0.378 e. The Labute approximate surface area is 168 Å². The first-order valence-corrected chi connectivity index (χ1v) is 10.3. The Morgan fingerprint density at radius 2 is 2.07 bits per heavy atom. The van der Waals surface area contributed by atoms with Gasteiger partial charge in [-0.1, -0.05) is 11.3 Å². The highest BCUT2D eigenvalue weighted by Crippen LogP contribution is 2.29. The molecule has 1 N–H and O–H groups in total. The number of carbonyl (C=O) groups is 2. The summed E-state index contributed by atoms with van der Waals surface area (Å²) in [7, 11) is 3.95. The average molecular weight is 401 g/mol. The van der Waals surface area contributed by atoms with Gasteiger partial charge in [-0.05, 0) is 37.1 Å². The molecule has 28 heavy (non-hydrogen) atoms. The molecule has 0 radical (unpaired) electrons. The van der Waals surface area contributed by atoms with Crippen molar-refractivity contribution in [3.05, 3.63) is 40.4 Å². The third-order valence-electron chi connectivity index (χ3n) is 5.10. The third kappa shape index (κ3) is 3.88. The molecule has 1 aromatic heterocycles. The second-order valence-corrected chi connectivity index (χ2v) is 8.38. The number of ether oxygens (including phenoxy) is 1. The molecule has 0 saturated carbocycles. The number of benzene rings is 1. The number of hydrogen-bond donors (Lipinski definition) is 1. The summed E-state index contributed by atoms with van der Waals surface area (Å²) in [5, 5.41) is 3.46. The molecular formula is C20H24N4O3S. The molecule has 1 saturated heterocycles. The van der Waals surface area contributed by atoms with Crippen LogP contribution in [-0.4, -0.2) is 55.0 Å². The second kappa shape index (κ2) is 7.89. The molecule has 7 nitrogen and oxygen atoms in total. The summed E-state index contributed by atoms with van der Waals surface area (Å²) in [5.41, 5.74) is 2.72. The van der Waals surface area contributed by atoms with Crippen LogP contribution in [-0.2, 0) is 22.5 Å². The molecule has 2 aliphatic heterocycles. The first-order chi connectivity index (χ1) is 13.5. The quantitative estimate of drug-likeness (QED) is 0.854. The van der Waals surface area contributed by atoms with Gasteiger partial charge >= 0.3 is 0 Å². The highest BCUT2D eigenvalue weighted by Gasteiger charge is 2.27. The number of hydrogen-bond acceptors (Lipinski definition) is 6. The maximum absolute atomic E-state index is 12.9. The Morgan fingerprint density at radius 1 is 1.29 bits per heavy atom. The number of nitrogens with zero attached hydrogens (tertiary/aromatic N) is 3. The Morgan fingerprint density at radius 3 is 2.75 bits per heavy atom. The number of aromatic nitrogens is 1. The number of fused-ring (bicyclic) bond motifs is 1. The molecule has 1 fully saturated rings. The zero-order chi connectivity index (χ0) is 19.7. The van der Waals surface area contributed by atoms with Gasteiger partial charge in [0.25, 0.3) is 11.8 Å². The molecule has 148 valence electrons. The van der Waals surface area contributed by atoms with E-state index in [9.17, 15) is 9.59 Å². The number of amides is 2. The van der Waals surface area contributed by atoms with Crippen molar-refractivity contribution in [3.8, 4) is 0 Å². The molecule has 2 aromatic rings. The van der Waals surface area contributed by atoms with E-state index >= 15 is 0 Å². The Hall–Kier alpha value is -2.45. The molecule has 0 spiro atoms. The fourth-order valence-electron chi connectivity index (χ4n) is 3.48. The van der Waals surface area contributed by atoms with Crippen molar-refractivity contribution in [3.63, 3.8) is 0 Å². The number of rotatable bonds is 4. The van der Waals surface area contributed by atoms with Crippen LogP contribution in [0, 0.1) is 0 Å². The summed E-state index contributed by atoms with van der Waals surface area (Å²) in [6, 6.07) is 7.64. The van der Waals surface area contributed by atoms with Crippen LogP contribution in [0.3, 0.4) is 0 Å². The van der Waals surface area contributed by atoms with E-state index in [4.69, 9.17) is 4.74 Å². The van der Waals surface area contributed by atoms with Gasteiger partial charge in [-0.25, -0.2) is 4.98 Å². The summed E-state index contributed by atoms with van der Waals surface area (Å²) in [5.74, 6) is -0.105. The summed E-state index contributed by atoms with van der Waals surface area (Å²) in [6.45, 7) is 1.79. The number of carbonyl (C=O) groups excluding carboxylic acids is 2. The van der Waals surface area contributed by atoms with Crippen LogP contribution >= 0.6 is 11.3 Å². The van der Waals surface area contributed by atoms with E-state index in [-0.39, 0.29) is 17.9 Å². The molecule has 2 aliphatic rings. The zero-order valence-electron chi connectivity index (χ0n) is 16.1. The van der Waals surface area contributed by atoms with Gasteiger partial charge in [-0.2, -0.15) is 0 Å². The highest BCUT2D eigenvalue weighted by atomic mass is 32.1. The number of nitrogens with one attached hydrogen (secondary N) is 1. The molecule has 2 amide bonds. The summed E-state index contributed by atoms with van der Waals surface area (Å²) >= 11 is 1.45. The second-order valence-electron chi connectivity index (χ2n) is 7.30. The van der Waals surface area contributed by atoms with Crippen molar-refractivity contribution in [1.29, 1.82) is 0 Å². The first-order valence-electron chi connectivity index (χ1n) is 9.49. The van der Waals surface area contributed by atoms with Gasteiger partial charge in [0, 0.05) is 49.8 Å². The maximum atomic E-state index is 12.9. The molecule has 8 heteroatoms. The Balaban J connectivity index is 1.42. The smallest absolute Gasteiger partial charge is 0.255 e. The van der Waals surface area contributed by atoms with Gasteiger partial charge in [0.1, 0.15) is 6.10 Å². The van der Waals surface area contributed by atoms with Crippen LogP contribution in [0.5, 0.6) is 0 Å². The van der Waals surface area contributed by atoms with Crippen LogP contribution in [0.4, 0.5) is 10.8 Å². The lowest BCUT2D eigenvalue weighted by atomic mass is 10.1. The lowest BCUT2D eigenvalue weighted by molar-refractivity contribution is -0.124. The summed E-state index contributed by atoms with van der Waals surface area (Å²) in [4.78, 5) is 34.5. The normalized spacial score (nSPS) is 18.6. The van der Waals surface area contributed by atoms with Crippen LogP contribution < -0.4 is 10.2 Å². The summed E-state index contributed by atoms with van der Waals surface area (Å²) < 4.78 is 5.42. The SMILES string of the molecule is CN(C)c1ccc(C(=O)N2CCc3nc(NC(=O)C4CCCO4)sc3C2)cc1. The van der Waals surface area contributed by atoms with Crippen LogP contribution in [0.1, 0.15) is 33.8 Å². The van der Waals surface area contributed by atoms with Gasteiger partial charge in [0.05, 0.1) is 12.2 Å². The molecule has 1 atom stereocenters. The van der Waals surface area contributed by atoms with Crippen LogP contribution in [0.2, 0.25) is 0 Å². The van der Waals surface area contributed by atoms with Crippen molar-refractivity contribution in [1.82, 2.24) is 9.88 Å². The predicted molar refractivity (Wildman–Crippen MR) is 109 cm³/mol. The summed E-state index contributed by atoms with van der Waals surface area (Å²) in [6.07, 6.45) is 2.00. The zero-order valence-corrected chi connectivity index (χ0v) is 16.9. The van der Waals surface area contributed by atoms with E-state index in [1.54, 1.807) is 0 Å². The van der Waals surface area contributed by atoms with Gasteiger partial charge in [-0.15, -0.1) is 0 Å². The monoisotopic (exact) mass is 400 g/mol. The van der Waals surface area contributed by atoms with Crippen molar-refractivity contribution >= 4 is 34.0 Å². The van der Waals surface area contributed by atoms with E-state index in [1.807, 2.05) is 48.2 Å². The van der Waals surface area contributed by atoms with Crippen molar-refractivity contribution < 1.29 is 14.3 Å². The topological polar surface area (TPSA) is 74.8 Å². The lowest BCUT2D eigenvalue weighted by Gasteiger charge is -2.26. The molecule has 1 unspecified atom stereocenters. The molecule has 0 bridgehead atoms. The van der Waals surface area contributed by atoms with Gasteiger partial charge in [0.15, 0.2) is 5.13 Å². The number of thiazole rings is 1. The average Bonchev–Trinajstić information content (AvgIpc) is 3.36. The van der Waals surface area contributed by atoms with E-state index in [0.29, 0.717) is 36.8 Å². The fourth-order valence-corrected chi connectivity index (χ4v) is 4.50. The fraction of sp³-hybridized carbons (Fsp3) is 0.450. The van der Waals surface area contributed by atoms with E-state index < -0.39 is 0 Å². The first kappa shape index (κ1) is 18.9. The van der Waals surface area contributed by atoms with Crippen molar-refractivity contribution in [2.45, 2.75) is 31.9 Å². The van der Waals surface area contributed by atoms with Crippen LogP contribution in [0.25, 0.3) is 0 Å². The molecule has 3 heterocycles. The highest BCUT2D eigenvalue weighted by molar-refractivity contribution is 7.15. The van der Waals surface area contributed by atoms with Gasteiger partial charge < -0.3 is 14.5 Å². The molecule has 0 aliphatic carbocycles. The molecule has 1 aromatic carbocycles. The Kier molecular flexibility index (Phi) is 5.32. The van der Waals surface area contributed by atoms with Gasteiger partial charge in [-0.3, -0.25) is 14.9 Å². The van der Waals surface area contributed by atoms with Gasteiger partial charge in [0.2, 0.25) is 0 Å². The van der Waals surface area contributed by atoms with E-state index in [2.05, 4.69) is 10.3 Å². The van der Waals surface area contributed by atoms with E-state index in [0.717, 1.165) is 29.1 Å². The Bertz CT molecular complexity index is 872. The maximum Gasteiger partial charge on any atom is 0.255 e. The van der Waals surface area contributed by atoms with Crippen molar-refractivity contribution in [2.24, 2.45) is 0 Å². The standard InChI is InChI=1S/C20H24N4O3S/c1-23(2)14-7-5-13(6-8-14)19(26)24-10-9-15-17(12-24)28-20(21-15)22-18(25)16-4-3-11-27-16/h5-8,16H,3-4,9-12H2,1-2H3,(H,21,22,25). The predicted octanol–water partition coefficient (Wildman–Crippen LogP) is 2.53. The third-order valence-corrected chi connectivity index (χ3v) is 6.10. The van der Waals surface area contributed by atoms with Crippen molar-refractivity contribution in [2.75, 3.05) is 37.5 Å².